The van der Waals surface area contributed by atoms with Crippen LogP contribution in [0.15, 0.2) is 24.3 Å². The molecule has 2 aliphatic carbocycles. The Morgan fingerprint density at radius 3 is 2.16 bits per heavy atom. The molecule has 3 atom stereocenters. The first-order valence-corrected chi connectivity index (χ1v) is 7.69. The summed E-state index contributed by atoms with van der Waals surface area (Å²) in [5.41, 5.74) is 7.74. The highest BCUT2D eigenvalue weighted by molar-refractivity contribution is 5.30. The minimum atomic E-state index is 0.223. The van der Waals surface area contributed by atoms with Gasteiger partial charge in [-0.1, -0.05) is 25.0 Å². The molecular formula is C17H25NO. The van der Waals surface area contributed by atoms with E-state index in [1.165, 1.54) is 31.2 Å². The lowest BCUT2D eigenvalue weighted by Crippen LogP contribution is -2.14. The van der Waals surface area contributed by atoms with Gasteiger partial charge in [0.15, 0.2) is 0 Å². The van der Waals surface area contributed by atoms with Gasteiger partial charge < -0.3 is 10.5 Å². The summed E-state index contributed by atoms with van der Waals surface area (Å²) in [7, 11) is 0. The van der Waals surface area contributed by atoms with Crippen molar-refractivity contribution in [1.29, 1.82) is 0 Å². The van der Waals surface area contributed by atoms with Crippen LogP contribution in [0.5, 0.6) is 5.75 Å². The van der Waals surface area contributed by atoms with Crippen molar-refractivity contribution in [1.82, 2.24) is 0 Å². The highest BCUT2D eigenvalue weighted by Gasteiger charge is 2.53. The molecule has 0 heterocycles. The number of nitrogens with two attached hydrogens (primary N) is 1. The lowest BCUT2D eigenvalue weighted by Gasteiger charge is -2.14. The second-order valence-electron chi connectivity index (χ2n) is 6.45. The summed E-state index contributed by atoms with van der Waals surface area (Å²) in [6.07, 6.45) is 5.84. The van der Waals surface area contributed by atoms with Crippen molar-refractivity contribution < 1.29 is 4.74 Å². The van der Waals surface area contributed by atoms with Crippen LogP contribution < -0.4 is 10.5 Å². The smallest absolute Gasteiger partial charge is 0.119 e. The highest BCUT2D eigenvalue weighted by atomic mass is 16.5. The summed E-state index contributed by atoms with van der Waals surface area (Å²) >= 11 is 0. The van der Waals surface area contributed by atoms with E-state index in [9.17, 15) is 0 Å². The van der Waals surface area contributed by atoms with Crippen LogP contribution in [0, 0.1) is 17.8 Å². The van der Waals surface area contributed by atoms with E-state index >= 15 is 0 Å². The third-order valence-electron chi connectivity index (χ3n) is 4.77. The maximum Gasteiger partial charge on any atom is 0.119 e. The number of hydrogen-bond donors (Lipinski definition) is 1. The molecule has 0 spiro atoms. The van der Waals surface area contributed by atoms with Gasteiger partial charge >= 0.3 is 0 Å². The molecule has 2 fully saturated rings. The summed E-state index contributed by atoms with van der Waals surface area (Å²) in [4.78, 5) is 0. The normalized spacial score (nSPS) is 30.8. The van der Waals surface area contributed by atoms with Crippen LogP contribution in [0.2, 0.25) is 0 Å². The molecule has 0 saturated heterocycles. The minimum absolute atomic E-state index is 0.223. The van der Waals surface area contributed by atoms with Gasteiger partial charge in [-0.05, 0) is 62.1 Å². The molecule has 0 bridgehead atoms. The van der Waals surface area contributed by atoms with Gasteiger partial charge in [-0.2, -0.15) is 0 Å². The van der Waals surface area contributed by atoms with E-state index in [0.29, 0.717) is 0 Å². The van der Waals surface area contributed by atoms with E-state index < -0.39 is 0 Å². The molecule has 3 rings (SSSR count). The molecular weight excluding hydrogens is 234 g/mol. The van der Waals surface area contributed by atoms with Gasteiger partial charge in [0, 0.05) is 6.04 Å². The number of fused-ring (bicyclic) bond motifs is 1. The Bertz CT molecular complexity index is 413. The average molecular weight is 259 g/mol. The van der Waals surface area contributed by atoms with Crippen molar-refractivity contribution in [2.75, 3.05) is 0 Å². The molecule has 2 aliphatic rings. The first-order valence-electron chi connectivity index (χ1n) is 7.69. The summed E-state index contributed by atoms with van der Waals surface area (Å²) < 4.78 is 5.68. The molecule has 0 aliphatic heterocycles. The first-order chi connectivity index (χ1) is 9.16. The molecule has 1 aromatic carbocycles. The lowest BCUT2D eigenvalue weighted by atomic mass is 10.0. The number of rotatable bonds is 4. The van der Waals surface area contributed by atoms with Gasteiger partial charge in [-0.25, -0.2) is 0 Å². The van der Waals surface area contributed by atoms with Crippen molar-refractivity contribution in [2.45, 2.75) is 51.7 Å². The Morgan fingerprint density at radius 2 is 1.63 bits per heavy atom. The van der Waals surface area contributed by atoms with E-state index in [2.05, 4.69) is 38.1 Å². The topological polar surface area (TPSA) is 35.2 Å². The van der Waals surface area contributed by atoms with Gasteiger partial charge in [0.1, 0.15) is 5.75 Å². The van der Waals surface area contributed by atoms with Crippen LogP contribution in [0.25, 0.3) is 0 Å². The Hall–Kier alpha value is -1.02. The Morgan fingerprint density at radius 1 is 1.05 bits per heavy atom. The van der Waals surface area contributed by atoms with Crippen molar-refractivity contribution in [3.8, 4) is 5.75 Å². The van der Waals surface area contributed by atoms with Crippen LogP contribution in [0.3, 0.4) is 0 Å². The average Bonchev–Trinajstić information content (AvgIpc) is 3.12. The molecule has 0 amide bonds. The molecule has 2 N–H and O–H groups in total. The van der Waals surface area contributed by atoms with Gasteiger partial charge in [0.25, 0.3) is 0 Å². The Balaban J connectivity index is 1.65. The van der Waals surface area contributed by atoms with Crippen LogP contribution in [-0.2, 0) is 0 Å². The molecule has 2 saturated carbocycles. The van der Waals surface area contributed by atoms with Gasteiger partial charge in [-0.3, -0.25) is 0 Å². The standard InChI is InChI=1S/C17H25NO/c1-11(2)19-13-9-7-12(8-10-13)17(18)16-14-5-3-4-6-15(14)16/h7-11,14-17H,3-6,18H2,1-2H3. The predicted molar refractivity (Wildman–Crippen MR) is 78.1 cm³/mol. The molecule has 104 valence electrons. The predicted octanol–water partition coefficient (Wildman–Crippen LogP) is 3.91. The molecule has 19 heavy (non-hydrogen) atoms. The maximum absolute atomic E-state index is 6.47. The van der Waals surface area contributed by atoms with Crippen LogP contribution in [0.1, 0.15) is 51.1 Å². The third kappa shape index (κ3) is 2.64. The van der Waals surface area contributed by atoms with E-state index in [-0.39, 0.29) is 12.1 Å². The third-order valence-corrected chi connectivity index (χ3v) is 4.77. The van der Waals surface area contributed by atoms with Gasteiger partial charge in [0.2, 0.25) is 0 Å². The van der Waals surface area contributed by atoms with Crippen LogP contribution >= 0.6 is 0 Å². The van der Waals surface area contributed by atoms with Gasteiger partial charge in [0.05, 0.1) is 6.10 Å². The van der Waals surface area contributed by atoms with Crippen molar-refractivity contribution in [2.24, 2.45) is 23.5 Å². The SMILES string of the molecule is CC(C)Oc1ccc(C(N)C2C3CCCCC32)cc1. The molecule has 2 nitrogen and oxygen atoms in total. The van der Waals surface area contributed by atoms with E-state index in [1.807, 2.05) is 0 Å². The van der Waals surface area contributed by atoms with Gasteiger partial charge in [-0.15, -0.1) is 0 Å². The summed E-state index contributed by atoms with van der Waals surface area (Å²) in [5.74, 6) is 3.50. The fourth-order valence-electron chi connectivity index (χ4n) is 3.84. The zero-order chi connectivity index (χ0) is 13.4. The second-order valence-corrected chi connectivity index (χ2v) is 6.45. The molecule has 2 heteroatoms. The second kappa shape index (κ2) is 5.16. The Kier molecular flexibility index (Phi) is 3.53. The summed E-state index contributed by atoms with van der Waals surface area (Å²) in [6.45, 7) is 4.10. The largest absolute Gasteiger partial charge is 0.491 e. The first kappa shape index (κ1) is 13.0. The summed E-state index contributed by atoms with van der Waals surface area (Å²) in [5, 5.41) is 0. The van der Waals surface area contributed by atoms with Crippen LogP contribution in [-0.4, -0.2) is 6.10 Å². The number of benzene rings is 1. The van der Waals surface area contributed by atoms with Crippen molar-refractivity contribution in [3.05, 3.63) is 29.8 Å². The zero-order valence-corrected chi connectivity index (χ0v) is 12.0. The minimum Gasteiger partial charge on any atom is -0.491 e. The fourth-order valence-corrected chi connectivity index (χ4v) is 3.84. The quantitative estimate of drug-likeness (QED) is 0.889. The highest BCUT2D eigenvalue weighted by Crippen LogP contribution is 2.59. The van der Waals surface area contributed by atoms with E-state index in [1.54, 1.807) is 0 Å². The molecule has 0 aromatic heterocycles. The summed E-state index contributed by atoms with van der Waals surface area (Å²) in [6, 6.07) is 8.63. The zero-order valence-electron chi connectivity index (χ0n) is 12.0. The van der Waals surface area contributed by atoms with E-state index in [4.69, 9.17) is 10.5 Å². The molecule has 0 radical (unpaired) electrons. The van der Waals surface area contributed by atoms with Crippen LogP contribution in [0.4, 0.5) is 0 Å². The van der Waals surface area contributed by atoms with Crippen molar-refractivity contribution >= 4 is 0 Å². The lowest BCUT2D eigenvalue weighted by molar-refractivity contribution is 0.242. The molecule has 3 unspecified atom stereocenters. The fraction of sp³-hybridized carbons (Fsp3) is 0.647. The van der Waals surface area contributed by atoms with E-state index in [0.717, 1.165) is 23.5 Å². The van der Waals surface area contributed by atoms with Crippen molar-refractivity contribution in [3.63, 3.8) is 0 Å². The number of hydrogen-bond acceptors (Lipinski definition) is 2. The Labute approximate surface area is 116 Å². The maximum atomic E-state index is 6.47. The number of ether oxygens (including phenoxy) is 1. The molecule has 1 aromatic rings. The monoisotopic (exact) mass is 259 g/mol.